The molecule has 6 heteroatoms. The van der Waals surface area contributed by atoms with Gasteiger partial charge in [-0.2, -0.15) is 0 Å². The van der Waals surface area contributed by atoms with E-state index < -0.39 is 0 Å². The van der Waals surface area contributed by atoms with Crippen LogP contribution in [0.5, 0.6) is 0 Å². The van der Waals surface area contributed by atoms with Crippen LogP contribution in [0, 0.1) is 11.2 Å². The van der Waals surface area contributed by atoms with E-state index in [1.165, 1.54) is 38.2 Å². The molecule has 0 N–H and O–H groups in total. The van der Waals surface area contributed by atoms with E-state index in [9.17, 15) is 4.39 Å². The van der Waals surface area contributed by atoms with Crippen molar-refractivity contribution in [3.63, 3.8) is 0 Å². The van der Waals surface area contributed by atoms with E-state index in [4.69, 9.17) is 4.74 Å². The lowest BCUT2D eigenvalue weighted by atomic mass is 9.95. The van der Waals surface area contributed by atoms with Gasteiger partial charge in [0.25, 0.3) is 0 Å². The Morgan fingerprint density at radius 1 is 1.11 bits per heavy atom. The molecular weight excluding hydrogens is 343 g/mol. The molecule has 3 fully saturated rings. The summed E-state index contributed by atoms with van der Waals surface area (Å²) >= 11 is 0. The van der Waals surface area contributed by atoms with Gasteiger partial charge in [0.15, 0.2) is 5.82 Å². The minimum atomic E-state index is -0.250. The van der Waals surface area contributed by atoms with Gasteiger partial charge in [-0.1, -0.05) is 12.1 Å². The van der Waals surface area contributed by atoms with Crippen LogP contribution >= 0.6 is 0 Å². The molecular formula is C21H27FN4O. The Balaban J connectivity index is 1.51. The fourth-order valence-electron chi connectivity index (χ4n) is 4.66. The predicted molar refractivity (Wildman–Crippen MR) is 102 cm³/mol. The van der Waals surface area contributed by atoms with Crippen molar-refractivity contribution in [1.82, 2.24) is 14.8 Å². The molecule has 1 atom stereocenters. The summed E-state index contributed by atoms with van der Waals surface area (Å²) < 4.78 is 22.6. The fraction of sp³-hybridized carbons (Fsp3) is 0.619. The molecule has 1 spiro atoms. The molecule has 5 rings (SSSR count). The van der Waals surface area contributed by atoms with Crippen LogP contribution in [-0.2, 0) is 11.3 Å². The highest BCUT2D eigenvalue weighted by Gasteiger charge is 2.46. The largest absolute Gasteiger partial charge is 0.376 e. The smallest absolute Gasteiger partial charge is 0.227 e. The van der Waals surface area contributed by atoms with E-state index in [0.717, 1.165) is 38.5 Å². The van der Waals surface area contributed by atoms with E-state index in [2.05, 4.69) is 19.7 Å². The number of benzene rings is 1. The second-order valence-electron chi connectivity index (χ2n) is 8.43. The first-order valence-corrected chi connectivity index (χ1v) is 10.3. The Kier molecular flexibility index (Phi) is 4.38. The third kappa shape index (κ3) is 3.35. The van der Waals surface area contributed by atoms with E-state index >= 15 is 0 Å². The van der Waals surface area contributed by atoms with Crippen LogP contribution in [0.1, 0.15) is 44.9 Å². The van der Waals surface area contributed by atoms with Crippen LogP contribution in [0.4, 0.5) is 10.3 Å². The Bertz CT molecular complexity index is 810. The highest BCUT2D eigenvalue weighted by Crippen LogP contribution is 2.52. The number of anilines is 1. The Hall–Kier alpha value is -1.95. The van der Waals surface area contributed by atoms with Crippen LogP contribution in [0.25, 0.3) is 11.4 Å². The summed E-state index contributed by atoms with van der Waals surface area (Å²) in [4.78, 5) is 2.37. The zero-order valence-electron chi connectivity index (χ0n) is 15.7. The molecule has 2 saturated heterocycles. The minimum absolute atomic E-state index is 0.152. The molecule has 27 heavy (non-hydrogen) atoms. The fourth-order valence-corrected chi connectivity index (χ4v) is 4.66. The summed E-state index contributed by atoms with van der Waals surface area (Å²) in [6.07, 6.45) is 8.67. The maximum absolute atomic E-state index is 14.5. The normalized spacial score (nSPS) is 24.3. The number of ether oxygens (including phenoxy) is 1. The van der Waals surface area contributed by atoms with Gasteiger partial charge in [-0.05, 0) is 62.5 Å². The van der Waals surface area contributed by atoms with Crippen molar-refractivity contribution < 1.29 is 9.13 Å². The molecule has 0 bridgehead atoms. The molecule has 3 heterocycles. The van der Waals surface area contributed by atoms with Crippen molar-refractivity contribution in [2.45, 2.75) is 57.6 Å². The zero-order valence-corrected chi connectivity index (χ0v) is 15.7. The minimum Gasteiger partial charge on any atom is -0.376 e. The number of aromatic nitrogens is 3. The summed E-state index contributed by atoms with van der Waals surface area (Å²) in [5.41, 5.74) is 1.01. The summed E-state index contributed by atoms with van der Waals surface area (Å²) in [5, 5.41) is 8.96. The quantitative estimate of drug-likeness (QED) is 0.815. The van der Waals surface area contributed by atoms with Crippen molar-refractivity contribution in [1.29, 1.82) is 0 Å². The van der Waals surface area contributed by atoms with E-state index in [-0.39, 0.29) is 11.9 Å². The number of hydrogen-bond acceptors (Lipinski definition) is 4. The Morgan fingerprint density at radius 3 is 2.78 bits per heavy atom. The summed E-state index contributed by atoms with van der Waals surface area (Å²) in [6.45, 7) is 3.55. The topological polar surface area (TPSA) is 43.2 Å². The number of hydrogen-bond donors (Lipinski definition) is 0. The highest BCUT2D eigenvalue weighted by atomic mass is 19.1. The standard InChI is InChI=1S/C21H27FN4O/c22-18-8-2-1-7-17(18)19-23-24-20(25-12-5-9-21(15-25)10-11-21)26(19)14-16-6-3-4-13-27-16/h1-2,7-8,16H,3-6,9-15H2. The molecule has 2 aliphatic heterocycles. The molecule has 1 aromatic heterocycles. The van der Waals surface area contributed by atoms with E-state index in [1.807, 2.05) is 6.07 Å². The molecule has 0 radical (unpaired) electrons. The second-order valence-corrected chi connectivity index (χ2v) is 8.43. The Morgan fingerprint density at radius 2 is 2.00 bits per heavy atom. The third-order valence-electron chi connectivity index (χ3n) is 6.41. The molecule has 144 valence electrons. The van der Waals surface area contributed by atoms with Crippen LogP contribution < -0.4 is 4.90 Å². The van der Waals surface area contributed by atoms with Crippen molar-refractivity contribution in [3.8, 4) is 11.4 Å². The molecule has 1 aromatic carbocycles. The first kappa shape index (κ1) is 17.2. The average molecular weight is 370 g/mol. The summed E-state index contributed by atoms with van der Waals surface area (Å²) in [6, 6.07) is 6.85. The van der Waals surface area contributed by atoms with Crippen molar-refractivity contribution in [2.75, 3.05) is 24.6 Å². The van der Waals surface area contributed by atoms with Crippen LogP contribution in [-0.4, -0.2) is 40.6 Å². The van der Waals surface area contributed by atoms with Crippen molar-refractivity contribution in [3.05, 3.63) is 30.1 Å². The Labute approximate surface area is 159 Å². The van der Waals surface area contributed by atoms with Gasteiger partial charge in [0.1, 0.15) is 5.82 Å². The van der Waals surface area contributed by atoms with Gasteiger partial charge in [0.05, 0.1) is 18.2 Å². The van der Waals surface area contributed by atoms with Gasteiger partial charge in [-0.15, -0.1) is 10.2 Å². The lowest BCUT2D eigenvalue weighted by Gasteiger charge is -2.34. The molecule has 2 aromatic rings. The molecule has 0 amide bonds. The third-order valence-corrected chi connectivity index (χ3v) is 6.41. The van der Waals surface area contributed by atoms with Crippen LogP contribution in [0.15, 0.2) is 24.3 Å². The molecule has 1 unspecified atom stereocenters. The van der Waals surface area contributed by atoms with Crippen molar-refractivity contribution >= 4 is 5.95 Å². The van der Waals surface area contributed by atoms with E-state index in [1.54, 1.807) is 12.1 Å². The number of piperidine rings is 1. The average Bonchev–Trinajstić information content (AvgIpc) is 3.31. The first-order chi connectivity index (χ1) is 13.2. The molecule has 1 aliphatic carbocycles. The predicted octanol–water partition coefficient (Wildman–Crippen LogP) is 4.03. The summed E-state index contributed by atoms with van der Waals surface area (Å²) in [5.74, 6) is 1.25. The number of nitrogens with zero attached hydrogens (tertiary/aromatic N) is 4. The lowest BCUT2D eigenvalue weighted by molar-refractivity contribution is 0.00634. The first-order valence-electron chi connectivity index (χ1n) is 10.3. The molecule has 1 saturated carbocycles. The monoisotopic (exact) mass is 370 g/mol. The van der Waals surface area contributed by atoms with Crippen molar-refractivity contribution in [2.24, 2.45) is 5.41 Å². The van der Waals surface area contributed by atoms with Crippen LogP contribution in [0.3, 0.4) is 0 Å². The van der Waals surface area contributed by atoms with Gasteiger partial charge in [0, 0.05) is 19.7 Å². The zero-order chi connectivity index (χ0) is 18.3. The van der Waals surface area contributed by atoms with Gasteiger partial charge < -0.3 is 9.64 Å². The van der Waals surface area contributed by atoms with Gasteiger partial charge in [-0.25, -0.2) is 4.39 Å². The van der Waals surface area contributed by atoms with Gasteiger partial charge in [0.2, 0.25) is 5.95 Å². The van der Waals surface area contributed by atoms with Gasteiger partial charge >= 0.3 is 0 Å². The molecule has 5 nitrogen and oxygen atoms in total. The maximum atomic E-state index is 14.5. The van der Waals surface area contributed by atoms with E-state index in [0.29, 0.717) is 23.3 Å². The number of rotatable bonds is 4. The second kappa shape index (κ2) is 6.89. The lowest BCUT2D eigenvalue weighted by Crippen LogP contribution is -2.39. The SMILES string of the molecule is Fc1ccccc1-c1nnc(N2CCCC3(CC3)C2)n1CC1CCCCO1. The van der Waals surface area contributed by atoms with Crippen LogP contribution in [0.2, 0.25) is 0 Å². The maximum Gasteiger partial charge on any atom is 0.227 e. The van der Waals surface area contributed by atoms with Gasteiger partial charge in [-0.3, -0.25) is 4.57 Å². The number of halogens is 1. The highest BCUT2D eigenvalue weighted by molar-refractivity contribution is 5.58. The molecule has 3 aliphatic rings. The summed E-state index contributed by atoms with van der Waals surface area (Å²) in [7, 11) is 0.